The summed E-state index contributed by atoms with van der Waals surface area (Å²) < 4.78 is 7.27. The van der Waals surface area contributed by atoms with Crippen molar-refractivity contribution >= 4 is 37.5 Å². The molecule has 1 atom stereocenters. The van der Waals surface area contributed by atoms with Crippen molar-refractivity contribution < 1.29 is 9.84 Å². The quantitative estimate of drug-likeness (QED) is 0.694. The standard InChI is InChI=1S/C17H17BrN2O2S/c1-3-7-17(21,11-8-12(22-2)10-19-9-11)16-20-14-6-4-5-13(18)15(14)23-16/h4-6,8-10,21H,3,7H2,1-2H3. The molecule has 3 rings (SSSR count). The van der Waals surface area contributed by atoms with E-state index < -0.39 is 5.60 Å². The van der Waals surface area contributed by atoms with Crippen LogP contribution in [0.4, 0.5) is 0 Å². The predicted octanol–water partition coefficient (Wildman–Crippen LogP) is 4.50. The van der Waals surface area contributed by atoms with E-state index in [0.29, 0.717) is 22.7 Å². The molecule has 0 amide bonds. The lowest BCUT2D eigenvalue weighted by molar-refractivity contribution is 0.0695. The van der Waals surface area contributed by atoms with Gasteiger partial charge < -0.3 is 9.84 Å². The number of nitrogens with zero attached hydrogens (tertiary/aromatic N) is 2. The number of thiazole rings is 1. The van der Waals surface area contributed by atoms with Gasteiger partial charge in [-0.05, 0) is 40.5 Å². The van der Waals surface area contributed by atoms with Crippen LogP contribution in [0.1, 0.15) is 30.3 Å². The van der Waals surface area contributed by atoms with Crippen LogP contribution < -0.4 is 4.74 Å². The highest BCUT2D eigenvalue weighted by molar-refractivity contribution is 9.10. The maximum Gasteiger partial charge on any atom is 0.143 e. The molecule has 0 spiro atoms. The molecule has 0 saturated heterocycles. The normalized spacial score (nSPS) is 13.9. The third-order valence-corrected chi connectivity index (χ3v) is 5.94. The maximum absolute atomic E-state index is 11.4. The average Bonchev–Trinajstić information content (AvgIpc) is 3.01. The van der Waals surface area contributed by atoms with Gasteiger partial charge in [-0.3, -0.25) is 4.98 Å². The number of hydrogen-bond donors (Lipinski definition) is 1. The number of benzene rings is 1. The van der Waals surface area contributed by atoms with Crippen LogP contribution in [-0.4, -0.2) is 22.2 Å². The van der Waals surface area contributed by atoms with Gasteiger partial charge in [-0.2, -0.15) is 0 Å². The lowest BCUT2D eigenvalue weighted by Gasteiger charge is -2.26. The first kappa shape index (κ1) is 16.4. The molecular formula is C17H17BrN2O2S. The summed E-state index contributed by atoms with van der Waals surface area (Å²) in [5, 5.41) is 12.1. The minimum absolute atomic E-state index is 0.569. The molecule has 0 aliphatic carbocycles. The second kappa shape index (κ2) is 6.55. The fourth-order valence-corrected chi connectivity index (χ4v) is 4.29. The summed E-state index contributed by atoms with van der Waals surface area (Å²) in [6.07, 6.45) is 4.70. The first-order valence-corrected chi connectivity index (χ1v) is 8.97. The van der Waals surface area contributed by atoms with E-state index in [1.54, 1.807) is 19.5 Å². The molecule has 0 bridgehead atoms. The minimum atomic E-state index is -1.17. The molecule has 4 nitrogen and oxygen atoms in total. The zero-order valence-electron chi connectivity index (χ0n) is 12.9. The molecule has 1 aromatic carbocycles. The second-order valence-electron chi connectivity index (χ2n) is 5.33. The number of pyridine rings is 1. The minimum Gasteiger partial charge on any atom is -0.495 e. The Balaban J connectivity index is 2.16. The van der Waals surface area contributed by atoms with Gasteiger partial charge in [-0.25, -0.2) is 4.98 Å². The molecule has 3 aromatic rings. The van der Waals surface area contributed by atoms with Gasteiger partial charge in [0.25, 0.3) is 0 Å². The third kappa shape index (κ3) is 2.98. The first-order chi connectivity index (χ1) is 11.1. The summed E-state index contributed by atoms with van der Waals surface area (Å²) in [7, 11) is 1.59. The van der Waals surface area contributed by atoms with Crippen LogP contribution >= 0.6 is 27.3 Å². The molecule has 23 heavy (non-hydrogen) atoms. The van der Waals surface area contributed by atoms with Crippen molar-refractivity contribution in [2.24, 2.45) is 0 Å². The fourth-order valence-electron chi connectivity index (χ4n) is 2.59. The summed E-state index contributed by atoms with van der Waals surface area (Å²) in [5.74, 6) is 0.624. The monoisotopic (exact) mass is 392 g/mol. The summed E-state index contributed by atoms with van der Waals surface area (Å²) in [4.78, 5) is 8.85. The molecule has 0 radical (unpaired) electrons. The third-order valence-electron chi connectivity index (χ3n) is 3.76. The molecule has 2 heterocycles. The Kier molecular flexibility index (Phi) is 4.66. The summed E-state index contributed by atoms with van der Waals surface area (Å²) in [5.41, 5.74) is 0.415. The molecule has 0 fully saturated rings. The van der Waals surface area contributed by atoms with E-state index in [-0.39, 0.29) is 0 Å². The van der Waals surface area contributed by atoms with E-state index in [0.717, 1.165) is 21.1 Å². The average molecular weight is 393 g/mol. The second-order valence-corrected chi connectivity index (χ2v) is 7.18. The van der Waals surface area contributed by atoms with E-state index in [1.165, 1.54) is 11.3 Å². The highest BCUT2D eigenvalue weighted by Gasteiger charge is 2.35. The van der Waals surface area contributed by atoms with Gasteiger partial charge in [0, 0.05) is 16.2 Å². The number of methoxy groups -OCH3 is 1. The number of halogens is 1. The Bertz CT molecular complexity index is 836. The van der Waals surface area contributed by atoms with Gasteiger partial charge in [0.2, 0.25) is 0 Å². The van der Waals surface area contributed by atoms with E-state index in [2.05, 4.69) is 25.9 Å². The van der Waals surface area contributed by atoms with Crippen LogP contribution in [-0.2, 0) is 5.60 Å². The van der Waals surface area contributed by atoms with Crippen LogP contribution in [0.3, 0.4) is 0 Å². The van der Waals surface area contributed by atoms with Crippen LogP contribution in [0.15, 0.2) is 41.1 Å². The highest BCUT2D eigenvalue weighted by atomic mass is 79.9. The number of rotatable bonds is 5. The van der Waals surface area contributed by atoms with Crippen molar-refractivity contribution in [3.63, 3.8) is 0 Å². The number of hydrogen-bond acceptors (Lipinski definition) is 5. The first-order valence-electron chi connectivity index (χ1n) is 7.36. The van der Waals surface area contributed by atoms with Crippen molar-refractivity contribution in [3.05, 3.63) is 51.7 Å². The van der Waals surface area contributed by atoms with Crippen LogP contribution in [0, 0.1) is 0 Å². The predicted molar refractivity (Wildman–Crippen MR) is 96.0 cm³/mol. The number of ether oxygens (including phenoxy) is 1. The van der Waals surface area contributed by atoms with Gasteiger partial charge in [-0.15, -0.1) is 11.3 Å². The number of aliphatic hydroxyl groups is 1. The zero-order valence-corrected chi connectivity index (χ0v) is 15.3. The van der Waals surface area contributed by atoms with Gasteiger partial charge >= 0.3 is 0 Å². The van der Waals surface area contributed by atoms with Gasteiger partial charge in [0.1, 0.15) is 16.4 Å². The molecule has 6 heteroatoms. The van der Waals surface area contributed by atoms with Crippen molar-refractivity contribution in [1.82, 2.24) is 9.97 Å². The molecule has 1 N–H and O–H groups in total. The van der Waals surface area contributed by atoms with E-state index in [4.69, 9.17) is 4.74 Å². The summed E-state index contributed by atoms with van der Waals surface area (Å²) >= 11 is 5.05. The SMILES string of the molecule is CCCC(O)(c1cncc(OC)c1)c1nc2cccc(Br)c2s1. The van der Waals surface area contributed by atoms with Crippen molar-refractivity contribution in [2.75, 3.05) is 7.11 Å². The molecule has 0 saturated carbocycles. The smallest absolute Gasteiger partial charge is 0.143 e. The molecule has 2 aromatic heterocycles. The van der Waals surface area contributed by atoms with E-state index >= 15 is 0 Å². The number of aromatic nitrogens is 2. The zero-order chi connectivity index (χ0) is 16.4. The Morgan fingerprint density at radius 3 is 2.87 bits per heavy atom. The maximum atomic E-state index is 11.4. The lowest BCUT2D eigenvalue weighted by Crippen LogP contribution is -2.27. The van der Waals surface area contributed by atoms with Crippen molar-refractivity contribution in [3.8, 4) is 5.75 Å². The largest absolute Gasteiger partial charge is 0.495 e. The van der Waals surface area contributed by atoms with Crippen LogP contribution in [0.25, 0.3) is 10.2 Å². The van der Waals surface area contributed by atoms with Crippen molar-refractivity contribution in [1.29, 1.82) is 0 Å². The molecule has 1 unspecified atom stereocenters. The Morgan fingerprint density at radius 2 is 2.17 bits per heavy atom. The van der Waals surface area contributed by atoms with Gasteiger partial charge in [-0.1, -0.05) is 19.4 Å². The topological polar surface area (TPSA) is 55.2 Å². The van der Waals surface area contributed by atoms with Crippen LogP contribution in [0.5, 0.6) is 5.75 Å². The van der Waals surface area contributed by atoms with Gasteiger partial charge in [0.15, 0.2) is 0 Å². The Labute approximate surface area is 147 Å². The molecule has 0 aliphatic heterocycles. The highest BCUT2D eigenvalue weighted by Crippen LogP contribution is 2.40. The van der Waals surface area contributed by atoms with Crippen molar-refractivity contribution in [2.45, 2.75) is 25.4 Å². The molecule has 120 valence electrons. The fraction of sp³-hybridized carbons (Fsp3) is 0.294. The lowest BCUT2D eigenvalue weighted by atomic mass is 9.91. The van der Waals surface area contributed by atoms with E-state index in [1.807, 2.05) is 31.2 Å². The van der Waals surface area contributed by atoms with Crippen LogP contribution in [0.2, 0.25) is 0 Å². The molecule has 0 aliphatic rings. The Morgan fingerprint density at radius 1 is 1.35 bits per heavy atom. The van der Waals surface area contributed by atoms with E-state index in [9.17, 15) is 5.11 Å². The summed E-state index contributed by atoms with van der Waals surface area (Å²) in [6, 6.07) is 7.71. The molecular weight excluding hydrogens is 376 g/mol. The number of fused-ring (bicyclic) bond motifs is 1. The Hall–Kier alpha value is -1.50. The summed E-state index contributed by atoms with van der Waals surface area (Å²) in [6.45, 7) is 2.04. The van der Waals surface area contributed by atoms with Gasteiger partial charge in [0.05, 0.1) is 23.5 Å².